The summed E-state index contributed by atoms with van der Waals surface area (Å²) in [6.45, 7) is 4.03. The second kappa shape index (κ2) is 11.8. The van der Waals surface area contributed by atoms with Gasteiger partial charge in [0.2, 0.25) is 5.91 Å². The molecule has 1 N–H and O–H groups in total. The van der Waals surface area contributed by atoms with Gasteiger partial charge in [0.25, 0.3) is 0 Å². The van der Waals surface area contributed by atoms with Crippen LogP contribution in [0.2, 0.25) is 0 Å². The minimum absolute atomic E-state index is 0.133. The highest BCUT2D eigenvalue weighted by Gasteiger charge is 2.12. The predicted octanol–water partition coefficient (Wildman–Crippen LogP) is 2.82. The van der Waals surface area contributed by atoms with Crippen LogP contribution < -0.4 is 5.32 Å². The van der Waals surface area contributed by atoms with Crippen molar-refractivity contribution in [2.24, 2.45) is 0 Å². The normalized spacial score (nSPS) is 14.2. The van der Waals surface area contributed by atoms with E-state index in [1.54, 1.807) is 0 Å². The average molecular weight is 415 g/mol. The monoisotopic (exact) mass is 414 g/mol. The Labute approximate surface area is 176 Å². The summed E-state index contributed by atoms with van der Waals surface area (Å²) in [5.74, 6) is 0.290. The summed E-state index contributed by atoms with van der Waals surface area (Å²) < 4.78 is 0. The third kappa shape index (κ3) is 8.03. The highest BCUT2D eigenvalue weighted by Crippen LogP contribution is 2.15. The number of hydrogen-bond acceptors (Lipinski definition) is 6. The van der Waals surface area contributed by atoms with Crippen LogP contribution in [0.4, 0.5) is 0 Å². The molecule has 2 heterocycles. The zero-order chi connectivity index (χ0) is 20.3. The first kappa shape index (κ1) is 21.6. The predicted molar refractivity (Wildman–Crippen MR) is 115 cm³/mol. The highest BCUT2D eigenvalue weighted by atomic mass is 32.1. The van der Waals surface area contributed by atoms with Crippen LogP contribution in [0.5, 0.6) is 0 Å². The van der Waals surface area contributed by atoms with Gasteiger partial charge in [0.15, 0.2) is 0 Å². The van der Waals surface area contributed by atoms with Crippen molar-refractivity contribution in [3.05, 3.63) is 45.9 Å². The fourth-order valence-electron chi connectivity index (χ4n) is 3.53. The van der Waals surface area contributed by atoms with Gasteiger partial charge in [0.05, 0.1) is 6.42 Å². The molecule has 1 aliphatic heterocycles. The Morgan fingerprint density at radius 1 is 1.00 bits per heavy atom. The molecule has 0 saturated carbocycles. The van der Waals surface area contributed by atoms with Crippen molar-refractivity contribution in [3.8, 4) is 0 Å². The van der Waals surface area contributed by atoms with Gasteiger partial charge in [-0.2, -0.15) is 0 Å². The van der Waals surface area contributed by atoms with Crippen molar-refractivity contribution < 1.29 is 9.59 Å². The standard InChI is InChI=1S/C22H30N4O2S/c27-19(16-18-8-2-1-3-9-18)17-22-25-24-21(29-22)11-5-4-10-20(28)23-12-15-26-13-6-7-14-26/h1-3,8-9H,4-7,10-17H2,(H,23,28). The Morgan fingerprint density at radius 3 is 2.55 bits per heavy atom. The molecule has 1 fully saturated rings. The Morgan fingerprint density at radius 2 is 1.76 bits per heavy atom. The minimum atomic E-state index is 0.133. The number of carbonyl (C=O) groups excluding carboxylic acids is 2. The summed E-state index contributed by atoms with van der Waals surface area (Å²) in [4.78, 5) is 26.5. The summed E-state index contributed by atoms with van der Waals surface area (Å²) in [5, 5.41) is 13.1. The molecule has 156 valence electrons. The maximum absolute atomic E-state index is 12.2. The molecule has 1 saturated heterocycles. The van der Waals surface area contributed by atoms with Crippen molar-refractivity contribution in [2.75, 3.05) is 26.2 Å². The molecule has 0 radical (unpaired) electrons. The summed E-state index contributed by atoms with van der Waals surface area (Å²) in [7, 11) is 0. The van der Waals surface area contributed by atoms with E-state index in [0.29, 0.717) is 19.3 Å². The lowest BCUT2D eigenvalue weighted by Gasteiger charge is -2.14. The SMILES string of the molecule is O=C(Cc1ccccc1)Cc1nnc(CCCCC(=O)NCCN2CCCC2)s1. The molecule has 29 heavy (non-hydrogen) atoms. The Kier molecular flexibility index (Phi) is 8.77. The summed E-state index contributed by atoms with van der Waals surface area (Å²) >= 11 is 1.51. The van der Waals surface area contributed by atoms with E-state index in [-0.39, 0.29) is 11.7 Å². The van der Waals surface area contributed by atoms with Gasteiger partial charge in [0, 0.05) is 32.4 Å². The van der Waals surface area contributed by atoms with Gasteiger partial charge in [-0.15, -0.1) is 21.5 Å². The van der Waals surface area contributed by atoms with E-state index in [9.17, 15) is 9.59 Å². The van der Waals surface area contributed by atoms with E-state index in [1.165, 1.54) is 24.2 Å². The quantitative estimate of drug-likeness (QED) is 0.541. The Bertz CT molecular complexity index is 772. The van der Waals surface area contributed by atoms with Crippen LogP contribution in [0.1, 0.15) is 47.7 Å². The van der Waals surface area contributed by atoms with Crippen LogP contribution in [-0.2, 0) is 28.9 Å². The van der Waals surface area contributed by atoms with Crippen molar-refractivity contribution in [2.45, 2.75) is 51.4 Å². The minimum Gasteiger partial charge on any atom is -0.355 e. The van der Waals surface area contributed by atoms with Crippen molar-refractivity contribution in [1.29, 1.82) is 0 Å². The van der Waals surface area contributed by atoms with Gasteiger partial charge in [-0.05, 0) is 44.3 Å². The zero-order valence-corrected chi connectivity index (χ0v) is 17.8. The molecule has 1 aromatic heterocycles. The molecular formula is C22H30N4O2S. The van der Waals surface area contributed by atoms with Crippen LogP contribution in [0.15, 0.2) is 30.3 Å². The maximum Gasteiger partial charge on any atom is 0.220 e. The molecule has 7 heteroatoms. The van der Waals surface area contributed by atoms with Crippen LogP contribution in [0, 0.1) is 0 Å². The van der Waals surface area contributed by atoms with Gasteiger partial charge in [-0.1, -0.05) is 30.3 Å². The van der Waals surface area contributed by atoms with Crippen LogP contribution in [-0.4, -0.2) is 53.0 Å². The highest BCUT2D eigenvalue weighted by molar-refractivity contribution is 7.11. The lowest BCUT2D eigenvalue weighted by Crippen LogP contribution is -2.33. The number of hydrogen-bond donors (Lipinski definition) is 1. The second-order valence-corrected chi connectivity index (χ2v) is 8.72. The smallest absolute Gasteiger partial charge is 0.220 e. The summed E-state index contributed by atoms with van der Waals surface area (Å²) in [5.41, 5.74) is 1.03. The molecule has 1 amide bonds. The van der Waals surface area contributed by atoms with Crippen LogP contribution in [0.3, 0.4) is 0 Å². The molecule has 0 atom stereocenters. The van der Waals surface area contributed by atoms with Crippen molar-refractivity contribution in [3.63, 3.8) is 0 Å². The zero-order valence-electron chi connectivity index (χ0n) is 16.9. The molecule has 1 aromatic carbocycles. The lowest BCUT2D eigenvalue weighted by atomic mass is 10.1. The first-order chi connectivity index (χ1) is 14.2. The van der Waals surface area contributed by atoms with Gasteiger partial charge >= 0.3 is 0 Å². The number of unbranched alkanes of at least 4 members (excludes halogenated alkanes) is 1. The average Bonchev–Trinajstić information content (AvgIpc) is 3.38. The number of rotatable bonds is 12. The number of likely N-dealkylation sites (tertiary alicyclic amines) is 1. The molecular weight excluding hydrogens is 384 g/mol. The summed E-state index contributed by atoms with van der Waals surface area (Å²) in [6, 6.07) is 9.76. The van der Waals surface area contributed by atoms with Crippen LogP contribution >= 0.6 is 11.3 Å². The summed E-state index contributed by atoms with van der Waals surface area (Å²) in [6.07, 6.45) is 6.45. The van der Waals surface area contributed by atoms with E-state index in [4.69, 9.17) is 0 Å². The molecule has 0 bridgehead atoms. The Balaban J connectivity index is 1.27. The second-order valence-electron chi connectivity index (χ2n) is 7.57. The number of aryl methyl sites for hydroxylation is 1. The number of Topliss-reactive ketones (excluding diaryl/α,β-unsaturated/α-hetero) is 1. The van der Waals surface area contributed by atoms with Gasteiger partial charge in [-0.3, -0.25) is 9.59 Å². The molecule has 0 spiro atoms. The number of nitrogens with one attached hydrogen (secondary N) is 1. The number of carbonyl (C=O) groups is 2. The van der Waals surface area contributed by atoms with Crippen molar-refractivity contribution in [1.82, 2.24) is 20.4 Å². The first-order valence-electron chi connectivity index (χ1n) is 10.5. The van der Waals surface area contributed by atoms with E-state index in [2.05, 4.69) is 20.4 Å². The fourth-order valence-corrected chi connectivity index (χ4v) is 4.44. The number of benzene rings is 1. The molecule has 1 aliphatic rings. The van der Waals surface area contributed by atoms with Gasteiger partial charge < -0.3 is 10.2 Å². The van der Waals surface area contributed by atoms with E-state index < -0.39 is 0 Å². The lowest BCUT2D eigenvalue weighted by molar-refractivity contribution is -0.121. The molecule has 2 aromatic rings. The molecule has 0 aliphatic carbocycles. The van der Waals surface area contributed by atoms with E-state index in [1.807, 2.05) is 30.3 Å². The fraction of sp³-hybridized carbons (Fsp3) is 0.545. The topological polar surface area (TPSA) is 75.2 Å². The molecule has 0 unspecified atom stereocenters. The van der Waals surface area contributed by atoms with E-state index >= 15 is 0 Å². The number of aromatic nitrogens is 2. The number of amides is 1. The Hall–Kier alpha value is -2.12. The third-order valence-electron chi connectivity index (χ3n) is 5.09. The van der Waals surface area contributed by atoms with Gasteiger partial charge in [-0.25, -0.2) is 0 Å². The third-order valence-corrected chi connectivity index (χ3v) is 6.08. The number of ketones is 1. The first-order valence-corrected chi connectivity index (χ1v) is 11.4. The van der Waals surface area contributed by atoms with Crippen LogP contribution in [0.25, 0.3) is 0 Å². The maximum atomic E-state index is 12.2. The van der Waals surface area contributed by atoms with E-state index in [0.717, 1.165) is 61.0 Å². The number of nitrogens with zero attached hydrogens (tertiary/aromatic N) is 3. The molecule has 6 nitrogen and oxygen atoms in total. The van der Waals surface area contributed by atoms with Gasteiger partial charge in [0.1, 0.15) is 15.8 Å². The van der Waals surface area contributed by atoms with Crippen molar-refractivity contribution >= 4 is 23.0 Å². The largest absolute Gasteiger partial charge is 0.355 e. The molecule has 3 rings (SSSR count).